The van der Waals surface area contributed by atoms with Crippen LogP contribution in [0.25, 0.3) is 0 Å². The highest BCUT2D eigenvalue weighted by molar-refractivity contribution is 5.95. The molecule has 7 heteroatoms. The summed E-state index contributed by atoms with van der Waals surface area (Å²) >= 11 is 0. The first-order valence-corrected chi connectivity index (χ1v) is 9.00. The molecule has 0 saturated carbocycles. The molecule has 0 spiro atoms. The number of benzene rings is 1. The minimum atomic E-state index is -0.588. The zero-order valence-electron chi connectivity index (χ0n) is 15.9. The first kappa shape index (κ1) is 22.3. The number of likely N-dealkylation sites (tertiary alicyclic amines) is 1. The van der Waals surface area contributed by atoms with Crippen molar-refractivity contribution in [3.63, 3.8) is 0 Å². The van der Waals surface area contributed by atoms with Crippen molar-refractivity contribution in [2.24, 2.45) is 11.1 Å². The van der Waals surface area contributed by atoms with Gasteiger partial charge in [-0.05, 0) is 42.5 Å². The van der Waals surface area contributed by atoms with Crippen LogP contribution >= 0.6 is 12.4 Å². The van der Waals surface area contributed by atoms with E-state index in [1.54, 1.807) is 24.3 Å². The Morgan fingerprint density at radius 1 is 0.962 bits per heavy atom. The van der Waals surface area contributed by atoms with E-state index in [1.807, 2.05) is 25.7 Å². The maximum atomic E-state index is 12.3. The molecule has 0 bridgehead atoms. The molecule has 0 unspecified atom stereocenters. The quantitative estimate of drug-likeness (QED) is 0.742. The van der Waals surface area contributed by atoms with Crippen LogP contribution in [0.1, 0.15) is 46.5 Å². The summed E-state index contributed by atoms with van der Waals surface area (Å²) in [5, 5.41) is 5.73. The van der Waals surface area contributed by atoms with Gasteiger partial charge in [-0.2, -0.15) is 0 Å². The predicted molar refractivity (Wildman–Crippen MR) is 109 cm³/mol. The Morgan fingerprint density at radius 3 is 1.88 bits per heavy atom. The predicted octanol–water partition coefficient (Wildman–Crippen LogP) is 3.83. The summed E-state index contributed by atoms with van der Waals surface area (Å²) in [5.74, 6) is -0.214. The SMILES string of the molecule is CC(C)(C)[C@H](N)C(=O)Nc1ccc(NC(=O)N2CCCCCC2)cc1.Cl. The first-order valence-electron chi connectivity index (χ1n) is 9.00. The molecule has 1 fully saturated rings. The summed E-state index contributed by atoms with van der Waals surface area (Å²) in [6.45, 7) is 7.41. The number of anilines is 2. The van der Waals surface area contributed by atoms with Gasteiger partial charge in [-0.25, -0.2) is 4.79 Å². The van der Waals surface area contributed by atoms with Crippen molar-refractivity contribution in [1.29, 1.82) is 0 Å². The lowest BCUT2D eigenvalue weighted by molar-refractivity contribution is -0.119. The maximum absolute atomic E-state index is 12.3. The third-order valence-electron chi connectivity index (χ3n) is 4.51. The summed E-state index contributed by atoms with van der Waals surface area (Å²) < 4.78 is 0. The number of carbonyl (C=O) groups is 2. The van der Waals surface area contributed by atoms with Crippen molar-refractivity contribution in [3.05, 3.63) is 24.3 Å². The number of rotatable bonds is 3. The minimum absolute atomic E-state index is 0. The molecular formula is C19H31ClN4O2. The van der Waals surface area contributed by atoms with E-state index in [4.69, 9.17) is 5.73 Å². The van der Waals surface area contributed by atoms with E-state index in [9.17, 15) is 9.59 Å². The fourth-order valence-corrected chi connectivity index (χ4v) is 2.73. The Kier molecular flexibility index (Phi) is 8.37. The third-order valence-corrected chi connectivity index (χ3v) is 4.51. The van der Waals surface area contributed by atoms with Crippen molar-refractivity contribution >= 4 is 35.7 Å². The fourth-order valence-electron chi connectivity index (χ4n) is 2.73. The third kappa shape index (κ3) is 6.50. The van der Waals surface area contributed by atoms with Crippen LogP contribution in [0.3, 0.4) is 0 Å². The number of halogens is 1. The van der Waals surface area contributed by atoms with Gasteiger partial charge in [0.2, 0.25) is 5.91 Å². The topological polar surface area (TPSA) is 87.5 Å². The molecule has 0 radical (unpaired) electrons. The van der Waals surface area contributed by atoms with E-state index in [2.05, 4.69) is 10.6 Å². The lowest BCUT2D eigenvalue weighted by Crippen LogP contribution is -2.45. The lowest BCUT2D eigenvalue weighted by atomic mass is 9.87. The first-order chi connectivity index (χ1) is 11.8. The normalized spacial score (nSPS) is 16.1. The minimum Gasteiger partial charge on any atom is -0.325 e. The number of hydrogen-bond donors (Lipinski definition) is 3. The maximum Gasteiger partial charge on any atom is 0.321 e. The van der Waals surface area contributed by atoms with Gasteiger partial charge in [0, 0.05) is 24.5 Å². The van der Waals surface area contributed by atoms with Crippen molar-refractivity contribution in [2.45, 2.75) is 52.5 Å². The molecule has 1 aromatic rings. The smallest absolute Gasteiger partial charge is 0.321 e. The van der Waals surface area contributed by atoms with Crippen LogP contribution in [0.4, 0.5) is 16.2 Å². The van der Waals surface area contributed by atoms with Gasteiger partial charge in [-0.15, -0.1) is 12.4 Å². The number of hydrogen-bond acceptors (Lipinski definition) is 3. The van der Waals surface area contributed by atoms with E-state index >= 15 is 0 Å². The number of nitrogens with two attached hydrogens (primary N) is 1. The Morgan fingerprint density at radius 2 is 1.42 bits per heavy atom. The van der Waals surface area contributed by atoms with E-state index in [0.717, 1.165) is 25.9 Å². The molecule has 4 N–H and O–H groups in total. The molecule has 2 rings (SSSR count). The summed E-state index contributed by atoms with van der Waals surface area (Å²) in [7, 11) is 0. The molecule has 1 atom stereocenters. The Hall–Kier alpha value is -1.79. The zero-order chi connectivity index (χ0) is 18.4. The lowest BCUT2D eigenvalue weighted by Gasteiger charge is -2.25. The standard InChI is InChI=1S/C19H30N4O2.ClH/c1-19(2,3)16(20)17(24)21-14-8-10-15(11-9-14)22-18(25)23-12-6-4-5-7-13-23;/h8-11,16H,4-7,12-13,20H2,1-3H3,(H,21,24)(H,22,25);1H/t16-;/m1./s1. The summed E-state index contributed by atoms with van der Waals surface area (Å²) in [4.78, 5) is 26.3. The van der Waals surface area contributed by atoms with Crippen molar-refractivity contribution < 1.29 is 9.59 Å². The highest BCUT2D eigenvalue weighted by atomic mass is 35.5. The fraction of sp³-hybridized carbons (Fsp3) is 0.579. The molecular weight excluding hydrogens is 352 g/mol. The number of carbonyl (C=O) groups excluding carboxylic acids is 2. The average molecular weight is 383 g/mol. The van der Waals surface area contributed by atoms with E-state index in [-0.39, 0.29) is 29.8 Å². The molecule has 146 valence electrons. The average Bonchev–Trinajstić information content (AvgIpc) is 2.84. The Labute approximate surface area is 162 Å². The van der Waals surface area contributed by atoms with Crippen LogP contribution in [0, 0.1) is 5.41 Å². The zero-order valence-corrected chi connectivity index (χ0v) is 16.7. The molecule has 0 aromatic heterocycles. The number of nitrogens with one attached hydrogen (secondary N) is 2. The monoisotopic (exact) mass is 382 g/mol. The molecule has 0 aliphatic carbocycles. The van der Waals surface area contributed by atoms with Crippen LogP contribution in [0.2, 0.25) is 0 Å². The van der Waals surface area contributed by atoms with Gasteiger partial charge >= 0.3 is 6.03 Å². The summed E-state index contributed by atoms with van der Waals surface area (Å²) in [5.41, 5.74) is 7.04. The van der Waals surface area contributed by atoms with Crippen molar-refractivity contribution in [3.8, 4) is 0 Å². The van der Waals surface area contributed by atoms with Gasteiger partial charge in [0.25, 0.3) is 0 Å². The largest absolute Gasteiger partial charge is 0.325 e. The molecule has 1 aromatic carbocycles. The van der Waals surface area contributed by atoms with Crippen LogP contribution in [0.15, 0.2) is 24.3 Å². The second-order valence-electron chi connectivity index (χ2n) is 7.74. The number of nitrogens with zero attached hydrogens (tertiary/aromatic N) is 1. The Balaban J connectivity index is 0.00000338. The van der Waals surface area contributed by atoms with Gasteiger partial charge in [0.15, 0.2) is 0 Å². The molecule has 1 aliphatic heterocycles. The van der Waals surface area contributed by atoms with Crippen LogP contribution in [-0.4, -0.2) is 36.0 Å². The molecule has 26 heavy (non-hydrogen) atoms. The van der Waals surface area contributed by atoms with Crippen molar-refractivity contribution in [2.75, 3.05) is 23.7 Å². The molecule has 1 heterocycles. The second kappa shape index (κ2) is 9.78. The van der Waals surface area contributed by atoms with Gasteiger partial charge in [-0.3, -0.25) is 4.79 Å². The summed E-state index contributed by atoms with van der Waals surface area (Å²) in [6, 6.07) is 6.46. The number of urea groups is 1. The molecule has 3 amide bonds. The highest BCUT2D eigenvalue weighted by Crippen LogP contribution is 2.20. The highest BCUT2D eigenvalue weighted by Gasteiger charge is 2.27. The molecule has 6 nitrogen and oxygen atoms in total. The van der Waals surface area contributed by atoms with E-state index < -0.39 is 6.04 Å². The second-order valence-corrected chi connectivity index (χ2v) is 7.74. The van der Waals surface area contributed by atoms with E-state index in [0.29, 0.717) is 11.4 Å². The summed E-state index contributed by atoms with van der Waals surface area (Å²) in [6.07, 6.45) is 4.50. The van der Waals surface area contributed by atoms with Gasteiger partial charge in [0.05, 0.1) is 6.04 Å². The van der Waals surface area contributed by atoms with Gasteiger partial charge < -0.3 is 21.3 Å². The molecule has 1 aliphatic rings. The Bertz CT molecular complexity index is 591. The van der Waals surface area contributed by atoms with Crippen LogP contribution in [-0.2, 0) is 4.79 Å². The van der Waals surface area contributed by atoms with Gasteiger partial charge in [0.1, 0.15) is 0 Å². The van der Waals surface area contributed by atoms with E-state index in [1.165, 1.54) is 12.8 Å². The number of amides is 3. The van der Waals surface area contributed by atoms with Crippen LogP contribution in [0.5, 0.6) is 0 Å². The van der Waals surface area contributed by atoms with Crippen molar-refractivity contribution in [1.82, 2.24) is 4.90 Å². The molecule has 1 saturated heterocycles. The van der Waals surface area contributed by atoms with Gasteiger partial charge in [-0.1, -0.05) is 33.6 Å². The van der Waals surface area contributed by atoms with Crippen LogP contribution < -0.4 is 16.4 Å².